The van der Waals surface area contributed by atoms with Crippen molar-refractivity contribution < 1.29 is 9.59 Å². The van der Waals surface area contributed by atoms with Gasteiger partial charge in [0, 0.05) is 0 Å². The monoisotopic (exact) mass is 224 g/mol. The summed E-state index contributed by atoms with van der Waals surface area (Å²) in [4.78, 5) is 23.7. The van der Waals surface area contributed by atoms with E-state index in [2.05, 4.69) is 10.6 Å². The minimum absolute atomic E-state index is 0.200. The highest BCUT2D eigenvalue weighted by atomic mass is 32.1. The number of carbonyl (C=O) groups excluding carboxylic acids is 2. The molecule has 1 saturated heterocycles. The number of nitrogens with one attached hydrogen (secondary N) is 2. The highest BCUT2D eigenvalue weighted by molar-refractivity contribution is 7.12. The van der Waals surface area contributed by atoms with Crippen molar-refractivity contribution in [1.82, 2.24) is 10.6 Å². The highest BCUT2D eigenvalue weighted by Crippen LogP contribution is 2.09. The lowest BCUT2D eigenvalue weighted by Crippen LogP contribution is -2.43. The lowest BCUT2D eigenvalue weighted by molar-refractivity contribution is -0.121. The van der Waals surface area contributed by atoms with Gasteiger partial charge in [-0.2, -0.15) is 0 Å². The number of thiophene rings is 1. The molecule has 4 nitrogen and oxygen atoms in total. The first-order valence-corrected chi connectivity index (χ1v) is 5.77. The van der Waals surface area contributed by atoms with Crippen LogP contribution in [0.1, 0.15) is 22.5 Å². The molecule has 0 aliphatic carbocycles. The van der Waals surface area contributed by atoms with Crippen LogP contribution in [0.15, 0.2) is 17.5 Å². The normalized spacial score (nSPS) is 20.1. The Bertz CT molecular complexity index is 356. The molecule has 0 spiro atoms. The molecule has 1 unspecified atom stereocenters. The zero-order chi connectivity index (χ0) is 10.7. The smallest absolute Gasteiger partial charge is 0.267 e. The molecule has 1 atom stereocenters. The predicted octanol–water partition coefficient (Wildman–Crippen LogP) is 0.756. The molecule has 80 valence electrons. The fourth-order valence-electron chi connectivity index (χ4n) is 1.58. The quantitative estimate of drug-likeness (QED) is 0.729. The van der Waals surface area contributed by atoms with Crippen molar-refractivity contribution in [3.8, 4) is 0 Å². The molecule has 5 heteroatoms. The van der Waals surface area contributed by atoms with Crippen molar-refractivity contribution in [1.29, 1.82) is 0 Å². The van der Waals surface area contributed by atoms with Gasteiger partial charge in [0.1, 0.15) is 0 Å². The Morgan fingerprint density at radius 2 is 2.40 bits per heavy atom. The maximum Gasteiger partial charge on any atom is 0.267 e. The molecule has 0 aromatic carbocycles. The van der Waals surface area contributed by atoms with Gasteiger partial charge in [0.25, 0.3) is 5.91 Å². The van der Waals surface area contributed by atoms with Crippen molar-refractivity contribution in [2.24, 2.45) is 0 Å². The third-order valence-electron chi connectivity index (χ3n) is 2.36. The van der Waals surface area contributed by atoms with E-state index >= 15 is 0 Å². The molecule has 1 fully saturated rings. The van der Waals surface area contributed by atoms with E-state index in [0.717, 1.165) is 19.4 Å². The summed E-state index contributed by atoms with van der Waals surface area (Å²) in [6.07, 6.45) is 1.80. The average molecular weight is 224 g/mol. The minimum Gasteiger partial charge on any atom is -0.306 e. The molecular formula is C10H12N2O2S. The number of imide groups is 1. The van der Waals surface area contributed by atoms with E-state index < -0.39 is 0 Å². The van der Waals surface area contributed by atoms with E-state index in [1.54, 1.807) is 12.1 Å². The van der Waals surface area contributed by atoms with Crippen LogP contribution in [0.25, 0.3) is 0 Å². The lowest BCUT2D eigenvalue weighted by atomic mass is 10.2. The van der Waals surface area contributed by atoms with E-state index in [1.807, 2.05) is 5.38 Å². The standard InChI is InChI=1S/C10H12N2O2S/c13-9(7-3-1-5-11-7)12-10(14)8-4-2-6-15-8/h2,4,6-7,11H,1,3,5H2,(H,12,13,14). The third-order valence-corrected chi connectivity index (χ3v) is 3.23. The molecule has 2 heterocycles. The lowest BCUT2D eigenvalue weighted by Gasteiger charge is -2.08. The van der Waals surface area contributed by atoms with E-state index in [0.29, 0.717) is 4.88 Å². The molecule has 0 radical (unpaired) electrons. The van der Waals surface area contributed by atoms with Crippen LogP contribution >= 0.6 is 11.3 Å². The van der Waals surface area contributed by atoms with Gasteiger partial charge >= 0.3 is 0 Å². The molecule has 2 N–H and O–H groups in total. The highest BCUT2D eigenvalue weighted by Gasteiger charge is 2.23. The Labute approximate surface area is 91.7 Å². The van der Waals surface area contributed by atoms with Gasteiger partial charge in [0.15, 0.2) is 0 Å². The average Bonchev–Trinajstić information content (AvgIpc) is 2.91. The first-order chi connectivity index (χ1) is 7.27. The second kappa shape index (κ2) is 4.55. The van der Waals surface area contributed by atoms with E-state index in [-0.39, 0.29) is 17.9 Å². The molecular weight excluding hydrogens is 212 g/mol. The number of hydrogen-bond acceptors (Lipinski definition) is 4. The van der Waals surface area contributed by atoms with E-state index in [9.17, 15) is 9.59 Å². The second-order valence-corrected chi connectivity index (χ2v) is 4.39. The van der Waals surface area contributed by atoms with Crippen molar-refractivity contribution in [3.63, 3.8) is 0 Å². The minimum atomic E-state index is -0.302. The van der Waals surface area contributed by atoms with Gasteiger partial charge in [-0.15, -0.1) is 11.3 Å². The Hall–Kier alpha value is -1.20. The number of rotatable bonds is 2. The first-order valence-electron chi connectivity index (χ1n) is 4.89. The van der Waals surface area contributed by atoms with Crippen molar-refractivity contribution in [2.75, 3.05) is 6.54 Å². The Kier molecular flexibility index (Phi) is 3.13. The van der Waals surface area contributed by atoms with Crippen LogP contribution in [-0.4, -0.2) is 24.4 Å². The number of amides is 2. The zero-order valence-electron chi connectivity index (χ0n) is 8.16. The van der Waals surface area contributed by atoms with Crippen LogP contribution in [0.3, 0.4) is 0 Å². The fraction of sp³-hybridized carbons (Fsp3) is 0.400. The van der Waals surface area contributed by atoms with Crippen LogP contribution in [-0.2, 0) is 4.79 Å². The van der Waals surface area contributed by atoms with Gasteiger partial charge in [-0.1, -0.05) is 6.07 Å². The molecule has 0 saturated carbocycles. The molecule has 0 bridgehead atoms. The van der Waals surface area contributed by atoms with Gasteiger partial charge in [-0.05, 0) is 30.8 Å². The molecule has 1 aromatic heterocycles. The van der Waals surface area contributed by atoms with Crippen LogP contribution < -0.4 is 10.6 Å². The van der Waals surface area contributed by atoms with Crippen molar-refractivity contribution >= 4 is 23.2 Å². The summed E-state index contributed by atoms with van der Waals surface area (Å²) >= 11 is 1.33. The maximum absolute atomic E-state index is 11.6. The van der Waals surface area contributed by atoms with E-state index in [4.69, 9.17) is 0 Å². The molecule has 15 heavy (non-hydrogen) atoms. The summed E-state index contributed by atoms with van der Waals surface area (Å²) in [5.74, 6) is -0.519. The molecule has 2 rings (SSSR count). The SMILES string of the molecule is O=C(NC(=O)C1CCCN1)c1cccs1. The topological polar surface area (TPSA) is 58.2 Å². The summed E-state index contributed by atoms with van der Waals surface area (Å²) in [5.41, 5.74) is 0. The van der Waals surface area contributed by atoms with Crippen LogP contribution in [0, 0.1) is 0 Å². The van der Waals surface area contributed by atoms with Crippen LogP contribution in [0.5, 0.6) is 0 Å². The Morgan fingerprint density at radius 3 is 3.00 bits per heavy atom. The number of hydrogen-bond donors (Lipinski definition) is 2. The van der Waals surface area contributed by atoms with Gasteiger partial charge in [0.05, 0.1) is 10.9 Å². The van der Waals surface area contributed by atoms with Gasteiger partial charge in [0.2, 0.25) is 5.91 Å². The molecule has 2 amide bonds. The Balaban J connectivity index is 1.91. The van der Waals surface area contributed by atoms with Gasteiger partial charge in [-0.25, -0.2) is 0 Å². The predicted molar refractivity (Wildman–Crippen MR) is 57.8 cm³/mol. The van der Waals surface area contributed by atoms with E-state index in [1.165, 1.54) is 11.3 Å². The molecule has 1 aliphatic rings. The van der Waals surface area contributed by atoms with Gasteiger partial charge < -0.3 is 5.32 Å². The van der Waals surface area contributed by atoms with Crippen molar-refractivity contribution in [3.05, 3.63) is 22.4 Å². The molecule has 1 aliphatic heterocycles. The maximum atomic E-state index is 11.6. The zero-order valence-corrected chi connectivity index (χ0v) is 8.97. The number of carbonyl (C=O) groups is 2. The summed E-state index contributed by atoms with van der Waals surface area (Å²) in [6, 6.07) is 3.29. The largest absolute Gasteiger partial charge is 0.306 e. The van der Waals surface area contributed by atoms with Crippen LogP contribution in [0.2, 0.25) is 0 Å². The Morgan fingerprint density at radius 1 is 1.53 bits per heavy atom. The molecule has 1 aromatic rings. The summed E-state index contributed by atoms with van der Waals surface area (Å²) in [6.45, 7) is 0.852. The van der Waals surface area contributed by atoms with Crippen molar-refractivity contribution in [2.45, 2.75) is 18.9 Å². The second-order valence-electron chi connectivity index (χ2n) is 3.44. The first kappa shape index (κ1) is 10.3. The summed E-state index contributed by atoms with van der Waals surface area (Å²) < 4.78 is 0. The fourth-order valence-corrected chi connectivity index (χ4v) is 2.20. The third kappa shape index (κ3) is 2.43. The van der Waals surface area contributed by atoms with Gasteiger partial charge in [-0.3, -0.25) is 14.9 Å². The van der Waals surface area contributed by atoms with Crippen LogP contribution in [0.4, 0.5) is 0 Å². The summed E-state index contributed by atoms with van der Waals surface area (Å²) in [7, 11) is 0. The summed E-state index contributed by atoms with van der Waals surface area (Å²) in [5, 5.41) is 7.25.